The summed E-state index contributed by atoms with van der Waals surface area (Å²) in [5.74, 6) is -0.904. The third-order valence-electron chi connectivity index (χ3n) is 6.01. The van der Waals surface area contributed by atoms with E-state index >= 15 is 0 Å². The van der Waals surface area contributed by atoms with Gasteiger partial charge in [-0.25, -0.2) is 13.2 Å². The number of para-hydroxylation sites is 1. The fourth-order valence-corrected chi connectivity index (χ4v) is 5.22. The zero-order valence-corrected chi connectivity index (χ0v) is 20.4. The smallest absolute Gasteiger partial charge is 0.337 e. The van der Waals surface area contributed by atoms with Gasteiger partial charge in [-0.3, -0.25) is 9.10 Å². The van der Waals surface area contributed by atoms with Crippen LogP contribution in [0.3, 0.4) is 0 Å². The molecule has 0 atom stereocenters. The molecule has 9 heteroatoms. The molecule has 0 bridgehead atoms. The number of sulfonamides is 1. The number of nitrogens with one attached hydrogen (secondary N) is 1. The van der Waals surface area contributed by atoms with Gasteiger partial charge in [0.05, 0.1) is 34.6 Å². The van der Waals surface area contributed by atoms with E-state index in [-0.39, 0.29) is 4.90 Å². The Labute approximate surface area is 205 Å². The van der Waals surface area contributed by atoms with E-state index in [1.807, 2.05) is 12.1 Å². The van der Waals surface area contributed by atoms with E-state index in [0.29, 0.717) is 22.5 Å². The molecule has 1 N–H and O–H groups in total. The number of benzene rings is 3. The van der Waals surface area contributed by atoms with Gasteiger partial charge in [-0.2, -0.15) is 0 Å². The first-order chi connectivity index (χ1) is 16.8. The molecule has 1 aliphatic rings. The molecule has 1 heterocycles. The molecule has 1 amide bonds. The van der Waals surface area contributed by atoms with E-state index in [1.54, 1.807) is 36.4 Å². The highest BCUT2D eigenvalue weighted by molar-refractivity contribution is 7.92. The number of carbonyl (C=O) groups is 2. The molecule has 0 spiro atoms. The topological polar surface area (TPSA) is 96.0 Å². The van der Waals surface area contributed by atoms with Gasteiger partial charge in [-0.05, 0) is 67.4 Å². The number of anilines is 3. The zero-order valence-electron chi connectivity index (χ0n) is 19.6. The largest absolute Gasteiger partial charge is 0.465 e. The molecule has 0 unspecified atom stereocenters. The number of carbonyl (C=O) groups excluding carboxylic acids is 2. The van der Waals surface area contributed by atoms with Crippen molar-refractivity contribution < 1.29 is 22.7 Å². The summed E-state index contributed by atoms with van der Waals surface area (Å²) in [5.41, 5.74) is 2.49. The monoisotopic (exact) mass is 493 g/mol. The minimum absolute atomic E-state index is 0.0749. The van der Waals surface area contributed by atoms with Crippen LogP contribution < -0.4 is 14.5 Å². The molecule has 1 saturated heterocycles. The average Bonchev–Trinajstić information content (AvgIpc) is 3.43. The van der Waals surface area contributed by atoms with Gasteiger partial charge in [0.1, 0.15) is 0 Å². The lowest BCUT2D eigenvalue weighted by Gasteiger charge is -2.22. The molecular weight excluding hydrogens is 466 g/mol. The standard InChI is InChI=1S/C26H27N3O5S/c1-28(21-8-4-3-5-9-21)35(32,33)22-13-10-19(11-14-22)25(30)27-23-18-20(26(31)34-2)12-15-24(23)29-16-6-7-17-29/h3-5,8-15,18H,6-7,16-17H2,1-2H3,(H,27,30). The zero-order chi connectivity index (χ0) is 25.0. The Morgan fingerprint density at radius 3 is 2.17 bits per heavy atom. The summed E-state index contributed by atoms with van der Waals surface area (Å²) >= 11 is 0. The first-order valence-electron chi connectivity index (χ1n) is 11.2. The Morgan fingerprint density at radius 1 is 0.914 bits per heavy atom. The summed E-state index contributed by atoms with van der Waals surface area (Å²) in [6.07, 6.45) is 2.11. The van der Waals surface area contributed by atoms with Gasteiger partial charge >= 0.3 is 5.97 Å². The maximum Gasteiger partial charge on any atom is 0.337 e. The highest BCUT2D eigenvalue weighted by Crippen LogP contribution is 2.31. The summed E-state index contributed by atoms with van der Waals surface area (Å²) < 4.78 is 32.0. The molecule has 1 fully saturated rings. The van der Waals surface area contributed by atoms with E-state index in [2.05, 4.69) is 10.2 Å². The lowest BCUT2D eigenvalue weighted by Crippen LogP contribution is -2.26. The van der Waals surface area contributed by atoms with Gasteiger partial charge < -0.3 is 15.0 Å². The van der Waals surface area contributed by atoms with Gasteiger partial charge in [0.25, 0.3) is 15.9 Å². The van der Waals surface area contributed by atoms with E-state index in [9.17, 15) is 18.0 Å². The molecule has 182 valence electrons. The Morgan fingerprint density at radius 2 is 1.54 bits per heavy atom. The van der Waals surface area contributed by atoms with Crippen molar-refractivity contribution >= 4 is 39.0 Å². The molecule has 35 heavy (non-hydrogen) atoms. The van der Waals surface area contributed by atoms with Crippen LogP contribution in [0.2, 0.25) is 0 Å². The van der Waals surface area contributed by atoms with Crippen molar-refractivity contribution in [1.82, 2.24) is 0 Å². The second kappa shape index (κ2) is 10.2. The molecule has 0 aromatic heterocycles. The third-order valence-corrected chi connectivity index (χ3v) is 7.81. The van der Waals surface area contributed by atoms with Crippen molar-refractivity contribution in [3.63, 3.8) is 0 Å². The molecular formula is C26H27N3O5S. The van der Waals surface area contributed by atoms with Crippen molar-refractivity contribution in [2.45, 2.75) is 17.7 Å². The van der Waals surface area contributed by atoms with Crippen LogP contribution in [0.15, 0.2) is 77.7 Å². The predicted molar refractivity (Wildman–Crippen MR) is 136 cm³/mol. The first kappa shape index (κ1) is 24.3. The summed E-state index contributed by atoms with van der Waals surface area (Å²) in [5, 5.41) is 2.88. The SMILES string of the molecule is COC(=O)c1ccc(N2CCCC2)c(NC(=O)c2ccc(S(=O)(=O)N(C)c3ccccc3)cc2)c1. The van der Waals surface area contributed by atoms with Crippen molar-refractivity contribution in [3.05, 3.63) is 83.9 Å². The van der Waals surface area contributed by atoms with Crippen LogP contribution in [0.5, 0.6) is 0 Å². The summed E-state index contributed by atoms with van der Waals surface area (Å²) in [6.45, 7) is 1.73. The van der Waals surface area contributed by atoms with Gasteiger partial charge in [0.2, 0.25) is 0 Å². The predicted octanol–water partition coefficient (Wildman–Crippen LogP) is 4.15. The van der Waals surface area contributed by atoms with E-state index in [4.69, 9.17) is 4.74 Å². The average molecular weight is 494 g/mol. The number of nitrogens with zero attached hydrogens (tertiary/aromatic N) is 2. The van der Waals surface area contributed by atoms with Gasteiger partial charge in [-0.1, -0.05) is 18.2 Å². The van der Waals surface area contributed by atoms with Gasteiger partial charge in [0.15, 0.2) is 0 Å². The second-order valence-corrected chi connectivity index (χ2v) is 10.2. The number of amides is 1. The van der Waals surface area contributed by atoms with Crippen LogP contribution in [-0.2, 0) is 14.8 Å². The summed E-state index contributed by atoms with van der Waals surface area (Å²) in [4.78, 5) is 27.3. The Balaban J connectivity index is 1.57. The number of methoxy groups -OCH3 is 1. The van der Waals surface area contributed by atoms with E-state index in [1.165, 1.54) is 42.7 Å². The first-order valence-corrected chi connectivity index (χ1v) is 12.7. The normalized spacial score (nSPS) is 13.4. The van der Waals surface area contributed by atoms with Crippen LogP contribution in [0.25, 0.3) is 0 Å². The number of esters is 1. The number of hydrogen-bond donors (Lipinski definition) is 1. The lowest BCUT2D eigenvalue weighted by molar-refractivity contribution is 0.0600. The fourth-order valence-electron chi connectivity index (χ4n) is 4.02. The minimum atomic E-state index is -3.79. The van der Waals surface area contributed by atoms with Gasteiger partial charge in [0, 0.05) is 25.7 Å². The molecule has 0 radical (unpaired) electrons. The second-order valence-electron chi connectivity index (χ2n) is 8.20. The van der Waals surface area contributed by atoms with Crippen LogP contribution in [-0.4, -0.2) is 47.5 Å². The van der Waals surface area contributed by atoms with Crippen LogP contribution in [0, 0.1) is 0 Å². The van der Waals surface area contributed by atoms with Crippen molar-refractivity contribution in [3.8, 4) is 0 Å². The molecule has 1 aliphatic heterocycles. The number of hydrogen-bond acceptors (Lipinski definition) is 6. The molecule has 0 aliphatic carbocycles. The molecule has 3 aromatic rings. The summed E-state index contributed by atoms with van der Waals surface area (Å²) in [7, 11) is -0.995. The highest BCUT2D eigenvalue weighted by Gasteiger charge is 2.23. The van der Waals surface area contributed by atoms with Crippen LogP contribution in [0.1, 0.15) is 33.6 Å². The van der Waals surface area contributed by atoms with E-state index < -0.39 is 21.9 Å². The fraction of sp³-hybridized carbons (Fsp3) is 0.231. The van der Waals surface area contributed by atoms with Crippen molar-refractivity contribution in [2.75, 3.05) is 41.8 Å². The van der Waals surface area contributed by atoms with E-state index in [0.717, 1.165) is 31.6 Å². The Bertz CT molecular complexity index is 1320. The Kier molecular flexibility index (Phi) is 7.07. The maximum absolute atomic E-state index is 13.0. The number of rotatable bonds is 7. The van der Waals surface area contributed by atoms with Crippen molar-refractivity contribution in [2.24, 2.45) is 0 Å². The third kappa shape index (κ3) is 5.14. The van der Waals surface area contributed by atoms with Crippen LogP contribution >= 0.6 is 0 Å². The quantitative estimate of drug-likeness (QED) is 0.497. The molecule has 8 nitrogen and oxygen atoms in total. The molecule has 3 aromatic carbocycles. The van der Waals surface area contributed by atoms with Crippen LogP contribution in [0.4, 0.5) is 17.1 Å². The van der Waals surface area contributed by atoms with Gasteiger partial charge in [-0.15, -0.1) is 0 Å². The highest BCUT2D eigenvalue weighted by atomic mass is 32.2. The minimum Gasteiger partial charge on any atom is -0.465 e. The molecule has 4 rings (SSSR count). The summed E-state index contributed by atoms with van der Waals surface area (Å²) in [6, 6.07) is 19.6. The maximum atomic E-state index is 13.0. The van der Waals surface area contributed by atoms with Crippen molar-refractivity contribution in [1.29, 1.82) is 0 Å². The number of ether oxygens (including phenoxy) is 1. The Hall–Kier alpha value is -3.85. The lowest BCUT2D eigenvalue weighted by atomic mass is 10.1. The molecule has 0 saturated carbocycles.